The van der Waals surface area contributed by atoms with Crippen LogP contribution in [0, 0.1) is 0 Å². The van der Waals surface area contributed by atoms with Crippen LogP contribution in [0.15, 0.2) is 0 Å². The van der Waals surface area contributed by atoms with E-state index in [1.807, 2.05) is 7.05 Å². The SMILES string of the molecule is CCCCCCCCCCCCCCCCCCONC. The van der Waals surface area contributed by atoms with Crippen LogP contribution in [0.1, 0.15) is 110 Å². The lowest BCUT2D eigenvalue weighted by Crippen LogP contribution is -2.07. The van der Waals surface area contributed by atoms with E-state index in [2.05, 4.69) is 12.4 Å². The van der Waals surface area contributed by atoms with Gasteiger partial charge in [-0.1, -0.05) is 103 Å². The maximum Gasteiger partial charge on any atom is 0.0682 e. The van der Waals surface area contributed by atoms with Gasteiger partial charge in [-0.15, -0.1) is 0 Å². The molecule has 0 amide bonds. The topological polar surface area (TPSA) is 21.3 Å². The van der Waals surface area contributed by atoms with E-state index in [0.717, 1.165) is 6.61 Å². The van der Waals surface area contributed by atoms with Gasteiger partial charge in [-0.2, -0.15) is 0 Å². The Balaban J connectivity index is 2.90. The first-order valence-corrected chi connectivity index (χ1v) is 9.70. The Hall–Kier alpha value is -0.0800. The molecule has 0 radical (unpaired) electrons. The summed E-state index contributed by atoms with van der Waals surface area (Å²) in [5.41, 5.74) is 2.72. The Morgan fingerprint density at radius 3 is 1.19 bits per heavy atom. The van der Waals surface area contributed by atoms with Crippen LogP contribution in [0.5, 0.6) is 0 Å². The third kappa shape index (κ3) is 19.9. The Morgan fingerprint density at radius 2 is 0.857 bits per heavy atom. The third-order valence-corrected chi connectivity index (χ3v) is 4.24. The first kappa shape index (κ1) is 20.9. The number of rotatable bonds is 18. The van der Waals surface area contributed by atoms with Crippen molar-refractivity contribution in [3.8, 4) is 0 Å². The van der Waals surface area contributed by atoms with Gasteiger partial charge >= 0.3 is 0 Å². The van der Waals surface area contributed by atoms with Gasteiger partial charge in [0.05, 0.1) is 6.61 Å². The predicted molar refractivity (Wildman–Crippen MR) is 94.6 cm³/mol. The molecule has 2 heteroatoms. The lowest BCUT2D eigenvalue weighted by atomic mass is 10.0. The molecule has 0 rings (SSSR count). The number of hydrogen-bond acceptors (Lipinski definition) is 2. The molecule has 0 spiro atoms. The molecule has 0 aromatic heterocycles. The maximum absolute atomic E-state index is 5.10. The van der Waals surface area contributed by atoms with Crippen molar-refractivity contribution in [2.24, 2.45) is 0 Å². The van der Waals surface area contributed by atoms with Crippen molar-refractivity contribution in [3.63, 3.8) is 0 Å². The van der Waals surface area contributed by atoms with Crippen molar-refractivity contribution in [3.05, 3.63) is 0 Å². The zero-order chi connectivity index (χ0) is 15.4. The number of unbranched alkanes of at least 4 members (excludes halogenated alkanes) is 15. The zero-order valence-corrected chi connectivity index (χ0v) is 14.9. The molecule has 0 aromatic rings. The second-order valence-corrected chi connectivity index (χ2v) is 6.36. The molecular weight excluding hydrogens is 258 g/mol. The Labute approximate surface area is 134 Å². The minimum atomic E-state index is 0.856. The van der Waals surface area contributed by atoms with E-state index < -0.39 is 0 Å². The summed E-state index contributed by atoms with van der Waals surface area (Å²) in [7, 11) is 1.83. The molecule has 0 atom stereocenters. The van der Waals surface area contributed by atoms with Gasteiger partial charge in [0.25, 0.3) is 0 Å². The predicted octanol–water partition coefficient (Wildman–Crippen LogP) is 6.40. The van der Waals surface area contributed by atoms with Gasteiger partial charge in [0, 0.05) is 7.05 Å². The number of hydrogen-bond donors (Lipinski definition) is 1. The zero-order valence-electron chi connectivity index (χ0n) is 14.9. The maximum atomic E-state index is 5.10. The molecule has 0 unspecified atom stereocenters. The fraction of sp³-hybridized carbons (Fsp3) is 1.00. The quantitative estimate of drug-likeness (QED) is 0.233. The van der Waals surface area contributed by atoms with Gasteiger partial charge in [0.2, 0.25) is 0 Å². The van der Waals surface area contributed by atoms with E-state index in [1.165, 1.54) is 103 Å². The molecule has 0 heterocycles. The second kappa shape index (κ2) is 19.9. The molecule has 0 saturated carbocycles. The van der Waals surface area contributed by atoms with Crippen molar-refractivity contribution < 1.29 is 4.84 Å². The van der Waals surface area contributed by atoms with Crippen LogP contribution in [0.25, 0.3) is 0 Å². The summed E-state index contributed by atoms with van der Waals surface area (Å²) in [6.07, 6.45) is 22.7. The smallest absolute Gasteiger partial charge is 0.0682 e. The van der Waals surface area contributed by atoms with Crippen LogP contribution in [0.2, 0.25) is 0 Å². The summed E-state index contributed by atoms with van der Waals surface area (Å²) in [5.74, 6) is 0. The summed E-state index contributed by atoms with van der Waals surface area (Å²) < 4.78 is 0. The van der Waals surface area contributed by atoms with Crippen molar-refractivity contribution in [1.82, 2.24) is 5.48 Å². The van der Waals surface area contributed by atoms with Crippen LogP contribution < -0.4 is 5.48 Å². The van der Waals surface area contributed by atoms with E-state index in [-0.39, 0.29) is 0 Å². The van der Waals surface area contributed by atoms with Gasteiger partial charge in [-0.25, -0.2) is 5.48 Å². The van der Waals surface area contributed by atoms with Gasteiger partial charge in [0.1, 0.15) is 0 Å². The molecule has 0 saturated heterocycles. The van der Waals surface area contributed by atoms with E-state index in [4.69, 9.17) is 4.84 Å². The van der Waals surface area contributed by atoms with Crippen molar-refractivity contribution in [1.29, 1.82) is 0 Å². The number of hydroxylamine groups is 1. The second-order valence-electron chi connectivity index (χ2n) is 6.36. The van der Waals surface area contributed by atoms with Crippen LogP contribution in [-0.4, -0.2) is 13.7 Å². The van der Waals surface area contributed by atoms with Crippen molar-refractivity contribution >= 4 is 0 Å². The van der Waals surface area contributed by atoms with Crippen LogP contribution in [0.3, 0.4) is 0 Å². The van der Waals surface area contributed by atoms with E-state index in [9.17, 15) is 0 Å². The normalized spacial score (nSPS) is 11.1. The summed E-state index contributed by atoms with van der Waals surface area (Å²) in [6.45, 7) is 3.15. The lowest BCUT2D eigenvalue weighted by molar-refractivity contribution is 0.0550. The van der Waals surface area contributed by atoms with Crippen LogP contribution in [0.4, 0.5) is 0 Å². The average molecular weight is 300 g/mol. The van der Waals surface area contributed by atoms with E-state index in [0.29, 0.717) is 0 Å². The summed E-state index contributed by atoms with van der Waals surface area (Å²) in [5, 5.41) is 0. The Bertz CT molecular complexity index is 155. The van der Waals surface area contributed by atoms with Gasteiger partial charge in [-0.05, 0) is 6.42 Å². The molecule has 1 N–H and O–H groups in total. The summed E-state index contributed by atoms with van der Waals surface area (Å²) in [4.78, 5) is 5.10. The van der Waals surface area contributed by atoms with Crippen LogP contribution >= 0.6 is 0 Å². The lowest BCUT2D eigenvalue weighted by Gasteiger charge is -2.04. The van der Waals surface area contributed by atoms with Crippen molar-refractivity contribution in [2.75, 3.05) is 13.7 Å². The van der Waals surface area contributed by atoms with Gasteiger partial charge < -0.3 is 4.84 Å². The third-order valence-electron chi connectivity index (χ3n) is 4.24. The first-order valence-electron chi connectivity index (χ1n) is 9.70. The number of nitrogens with one attached hydrogen (secondary N) is 1. The molecule has 0 aromatic carbocycles. The average Bonchev–Trinajstić information content (AvgIpc) is 2.50. The molecular formula is C19H41NO. The van der Waals surface area contributed by atoms with Gasteiger partial charge in [-0.3, -0.25) is 0 Å². The molecule has 0 aliphatic carbocycles. The molecule has 21 heavy (non-hydrogen) atoms. The molecule has 0 bridgehead atoms. The fourth-order valence-electron chi connectivity index (χ4n) is 2.82. The largest absolute Gasteiger partial charge is 0.302 e. The van der Waals surface area contributed by atoms with E-state index >= 15 is 0 Å². The molecule has 2 nitrogen and oxygen atoms in total. The molecule has 0 aliphatic rings. The molecule has 0 aliphatic heterocycles. The Kier molecular flexibility index (Phi) is 19.8. The minimum Gasteiger partial charge on any atom is -0.302 e. The van der Waals surface area contributed by atoms with Crippen LogP contribution in [-0.2, 0) is 4.84 Å². The highest BCUT2D eigenvalue weighted by molar-refractivity contribution is 4.49. The highest BCUT2D eigenvalue weighted by atomic mass is 16.6. The first-order chi connectivity index (χ1) is 10.4. The summed E-state index contributed by atoms with van der Waals surface area (Å²) >= 11 is 0. The standard InChI is InChI=1S/C19H41NO/c1-3-4-5-6-7-8-9-10-11-12-13-14-15-16-17-18-19-21-20-2/h20H,3-19H2,1-2H3. The Morgan fingerprint density at radius 1 is 0.524 bits per heavy atom. The van der Waals surface area contributed by atoms with E-state index in [1.54, 1.807) is 0 Å². The van der Waals surface area contributed by atoms with Gasteiger partial charge in [0.15, 0.2) is 0 Å². The molecule has 128 valence electrons. The highest BCUT2D eigenvalue weighted by Gasteiger charge is 1.94. The monoisotopic (exact) mass is 299 g/mol. The fourth-order valence-corrected chi connectivity index (χ4v) is 2.82. The summed E-state index contributed by atoms with van der Waals surface area (Å²) in [6, 6.07) is 0. The minimum absolute atomic E-state index is 0.856. The van der Waals surface area contributed by atoms with Crippen molar-refractivity contribution in [2.45, 2.75) is 110 Å². The highest BCUT2D eigenvalue weighted by Crippen LogP contribution is 2.13. The molecule has 0 fully saturated rings.